The average molecular weight is 547 g/mol. The van der Waals surface area contributed by atoms with Crippen LogP contribution in [0.2, 0.25) is 10.0 Å². The first-order valence-electron chi connectivity index (χ1n) is 10.7. The van der Waals surface area contributed by atoms with Crippen LogP contribution in [-0.2, 0) is 0 Å². The number of unbranched alkanes of at least 4 members (excludes halogenated alkanes) is 3. The van der Waals surface area contributed by atoms with Crippen molar-refractivity contribution in [2.75, 3.05) is 23.7 Å². The van der Waals surface area contributed by atoms with E-state index in [0.717, 1.165) is 25.7 Å². The minimum Gasteiger partial charge on any atom is -1.00 e. The number of hydrogen-bond donors (Lipinski definition) is 10. The third-order valence-corrected chi connectivity index (χ3v) is 4.94. The number of halogens is 3. The van der Waals surface area contributed by atoms with Gasteiger partial charge in [-0.15, -0.1) is 0 Å². The molecule has 0 spiro atoms. The van der Waals surface area contributed by atoms with Gasteiger partial charge >= 0.3 is 29.6 Å². The van der Waals surface area contributed by atoms with E-state index >= 15 is 0 Å². The molecule has 2 aromatic rings. The molecule has 10 N–H and O–H groups in total. The van der Waals surface area contributed by atoms with Crippen LogP contribution in [0.3, 0.4) is 0 Å². The van der Waals surface area contributed by atoms with E-state index < -0.39 is 0 Å². The van der Waals surface area contributed by atoms with Gasteiger partial charge in [0.05, 0.1) is 0 Å². The molecule has 190 valence electrons. The molecule has 36 heavy (non-hydrogen) atoms. The van der Waals surface area contributed by atoms with Crippen molar-refractivity contribution >= 4 is 58.4 Å². The van der Waals surface area contributed by atoms with Crippen LogP contribution >= 0.6 is 23.2 Å². The topological polar surface area (TPSA) is 168 Å². The summed E-state index contributed by atoms with van der Waals surface area (Å²) in [5.74, 6) is 0.112. The molecule has 0 radical (unpaired) electrons. The van der Waals surface area contributed by atoms with Gasteiger partial charge in [-0.25, -0.2) is 0 Å². The fraction of sp³-hybridized carbons (Fsp3) is 0.273. The molecule has 0 amide bonds. The Kier molecular flexibility index (Phi) is 17.3. The smallest absolute Gasteiger partial charge is 1.00 e. The summed E-state index contributed by atoms with van der Waals surface area (Å²) >= 11 is 11.7. The van der Waals surface area contributed by atoms with E-state index in [4.69, 9.17) is 44.8 Å². The van der Waals surface area contributed by atoms with Crippen molar-refractivity contribution in [3.63, 3.8) is 0 Å². The summed E-state index contributed by atoms with van der Waals surface area (Å²) in [6, 6.07) is 13.9. The average Bonchev–Trinajstić information content (AvgIpc) is 2.78. The second-order valence-corrected chi connectivity index (χ2v) is 8.15. The van der Waals surface area contributed by atoms with Crippen molar-refractivity contribution in [2.24, 2.45) is 0 Å². The van der Waals surface area contributed by atoms with Gasteiger partial charge in [0.25, 0.3) is 0 Å². The molecule has 0 aliphatic carbocycles. The first-order chi connectivity index (χ1) is 16.3. The van der Waals surface area contributed by atoms with Gasteiger partial charge in [-0.05, 0) is 61.4 Å². The molecule has 0 aliphatic rings. The summed E-state index contributed by atoms with van der Waals surface area (Å²) in [5, 5.41) is 49.5. The van der Waals surface area contributed by atoms with E-state index in [1.54, 1.807) is 48.5 Å². The molecule has 2 rings (SSSR count). The van der Waals surface area contributed by atoms with Gasteiger partial charge in [0, 0.05) is 34.5 Å². The fourth-order valence-electron chi connectivity index (χ4n) is 2.79. The van der Waals surface area contributed by atoms with Crippen LogP contribution in [0.5, 0.6) is 0 Å². The Morgan fingerprint density at radius 2 is 0.889 bits per heavy atom. The first-order valence-corrected chi connectivity index (χ1v) is 11.5. The first kappa shape index (κ1) is 33.4. The minimum absolute atomic E-state index is 0. The molecule has 0 heterocycles. The summed E-state index contributed by atoms with van der Waals surface area (Å²) in [5.41, 5.74) is 1.42. The molecular weight excluding hydrogens is 517 g/mol. The molecule has 14 heteroatoms. The Morgan fingerprint density at radius 3 is 1.22 bits per heavy atom. The van der Waals surface area contributed by atoms with E-state index in [1.807, 2.05) is 0 Å². The second kappa shape index (κ2) is 18.7. The van der Waals surface area contributed by atoms with Gasteiger partial charge in [0.1, 0.15) is 0 Å². The Labute approximate surface area is 242 Å². The van der Waals surface area contributed by atoms with Crippen LogP contribution < -0.4 is 66.2 Å². The van der Waals surface area contributed by atoms with E-state index in [1.165, 1.54) is 0 Å². The van der Waals surface area contributed by atoms with Crippen molar-refractivity contribution in [1.29, 1.82) is 21.6 Å². The maximum Gasteiger partial charge on any atom is 1.00 e. The van der Waals surface area contributed by atoms with Gasteiger partial charge in [-0.1, -0.05) is 36.0 Å². The maximum atomic E-state index is 7.86. The largest absolute Gasteiger partial charge is 1.00 e. The van der Waals surface area contributed by atoms with E-state index in [-0.39, 0.29) is 58.1 Å². The Hall–Kier alpha value is -2.57. The number of hydrogen-bond acceptors (Lipinski definition) is 4. The zero-order valence-electron chi connectivity index (χ0n) is 20.0. The standard InChI is InChI=1S/C22H30Cl2N10.FH.Na/c23-15-5-9-17(10-6-15)31-21(27)33-19(25)29-13-3-1-2-4-14-30-20(26)34-22(28)32-18-11-7-16(24)8-12-18;;/h5-12H,1-4,13-14H2,(H5,25,27,29,31,33)(H5,26,28,30,32,34);1H;/q;;+1/p-1. The van der Waals surface area contributed by atoms with Crippen molar-refractivity contribution in [3.05, 3.63) is 58.6 Å². The predicted octanol–water partition coefficient (Wildman–Crippen LogP) is -1.82. The van der Waals surface area contributed by atoms with Crippen molar-refractivity contribution in [2.45, 2.75) is 25.7 Å². The molecule has 0 aliphatic heterocycles. The Bertz CT molecular complexity index is 894. The predicted molar refractivity (Wildman–Crippen MR) is 142 cm³/mol. The molecule has 0 atom stereocenters. The van der Waals surface area contributed by atoms with Crippen LogP contribution in [0.25, 0.3) is 0 Å². The summed E-state index contributed by atoms with van der Waals surface area (Å²) in [4.78, 5) is 0. The SMILES string of the molecule is N=C(NCCCCCCNC(=N)NC(=N)Nc1ccc(Cl)cc1)NC(=N)Nc1ccc(Cl)cc1.[F-].[Na+]. The van der Waals surface area contributed by atoms with Crippen molar-refractivity contribution in [3.8, 4) is 0 Å². The van der Waals surface area contributed by atoms with Crippen molar-refractivity contribution < 1.29 is 34.3 Å². The van der Waals surface area contributed by atoms with Gasteiger partial charge in [0.2, 0.25) is 0 Å². The molecule has 0 saturated heterocycles. The summed E-state index contributed by atoms with van der Waals surface area (Å²) < 4.78 is 0. The molecule has 0 bridgehead atoms. The number of benzene rings is 2. The van der Waals surface area contributed by atoms with Crippen molar-refractivity contribution in [1.82, 2.24) is 21.3 Å². The molecule has 10 nitrogen and oxygen atoms in total. The van der Waals surface area contributed by atoms with Gasteiger partial charge in [-0.2, -0.15) is 0 Å². The van der Waals surface area contributed by atoms with Gasteiger partial charge < -0.3 is 26.0 Å². The summed E-state index contributed by atoms with van der Waals surface area (Å²) in [6.45, 7) is 1.25. The third-order valence-electron chi connectivity index (χ3n) is 4.43. The van der Waals surface area contributed by atoms with Crippen LogP contribution in [0, 0.1) is 21.6 Å². The van der Waals surface area contributed by atoms with Gasteiger partial charge in [-0.3, -0.25) is 32.3 Å². The molecule has 0 aromatic heterocycles. The molecule has 2 aromatic carbocycles. The normalized spacial score (nSPS) is 9.50. The third kappa shape index (κ3) is 14.7. The fourth-order valence-corrected chi connectivity index (χ4v) is 3.04. The number of rotatable bonds is 9. The Balaban J connectivity index is 0.00000612. The zero-order valence-corrected chi connectivity index (χ0v) is 23.5. The molecular formula is C22H30Cl2FN10Na. The molecule has 0 saturated carbocycles. The minimum atomic E-state index is -0.00148. The maximum absolute atomic E-state index is 7.86. The number of nitrogens with one attached hydrogen (secondary N) is 10. The molecule has 0 unspecified atom stereocenters. The summed E-state index contributed by atoms with van der Waals surface area (Å²) in [7, 11) is 0. The summed E-state index contributed by atoms with van der Waals surface area (Å²) in [6.07, 6.45) is 3.70. The monoisotopic (exact) mass is 546 g/mol. The number of anilines is 2. The quantitative estimate of drug-likeness (QED) is 0.0769. The van der Waals surface area contributed by atoms with Crippen LogP contribution in [0.15, 0.2) is 48.5 Å². The van der Waals surface area contributed by atoms with E-state index in [9.17, 15) is 0 Å². The Morgan fingerprint density at radius 1 is 0.556 bits per heavy atom. The number of guanidine groups is 4. The van der Waals surface area contributed by atoms with Crippen LogP contribution in [0.1, 0.15) is 25.7 Å². The zero-order chi connectivity index (χ0) is 24.8. The van der Waals surface area contributed by atoms with Crippen LogP contribution in [0.4, 0.5) is 11.4 Å². The van der Waals surface area contributed by atoms with Gasteiger partial charge in [0.15, 0.2) is 23.8 Å². The van der Waals surface area contributed by atoms with Crippen LogP contribution in [-0.4, -0.2) is 36.9 Å². The van der Waals surface area contributed by atoms with E-state index in [2.05, 4.69) is 31.9 Å². The van der Waals surface area contributed by atoms with E-state index in [0.29, 0.717) is 34.5 Å². The molecule has 0 fully saturated rings. The second-order valence-electron chi connectivity index (χ2n) is 7.28.